The molecule has 0 saturated carbocycles. The van der Waals surface area contributed by atoms with E-state index in [9.17, 15) is 5.26 Å². The Kier molecular flexibility index (Phi) is 3.90. The monoisotopic (exact) mass is 299 g/mol. The van der Waals surface area contributed by atoms with Gasteiger partial charge in [-0.1, -0.05) is 0 Å². The molecule has 2 aliphatic heterocycles. The summed E-state index contributed by atoms with van der Waals surface area (Å²) in [5.41, 5.74) is 2.03. The quantitative estimate of drug-likeness (QED) is 0.664. The number of nitriles is 1. The van der Waals surface area contributed by atoms with Gasteiger partial charge in [0.15, 0.2) is 5.75 Å². The number of anilines is 1. The lowest BCUT2D eigenvalue weighted by molar-refractivity contribution is 0.0924. The van der Waals surface area contributed by atoms with Gasteiger partial charge in [0.25, 0.3) is 0 Å². The molecule has 1 N–H and O–H groups in total. The van der Waals surface area contributed by atoms with E-state index in [0.29, 0.717) is 17.0 Å². The molecule has 0 spiro atoms. The molecule has 2 atom stereocenters. The Hall–Kier alpha value is -2.26. The Balaban J connectivity index is 1.95. The Morgan fingerprint density at radius 1 is 1.50 bits per heavy atom. The van der Waals surface area contributed by atoms with Gasteiger partial charge in [-0.25, -0.2) is 4.99 Å². The molecule has 1 fully saturated rings. The van der Waals surface area contributed by atoms with E-state index >= 15 is 0 Å². The van der Waals surface area contributed by atoms with Crippen LogP contribution in [-0.2, 0) is 0 Å². The molecule has 1 saturated heterocycles. The second kappa shape index (κ2) is 5.85. The number of fused-ring (bicyclic) bond motifs is 2. The van der Waals surface area contributed by atoms with Crippen LogP contribution in [0.3, 0.4) is 0 Å². The summed E-state index contributed by atoms with van der Waals surface area (Å²) < 4.78 is 6.15. The first kappa shape index (κ1) is 14.7. The Bertz CT molecular complexity index is 634. The molecule has 6 heteroatoms. The van der Waals surface area contributed by atoms with Gasteiger partial charge in [0, 0.05) is 27.2 Å². The molecule has 0 bridgehead atoms. The SMILES string of the molecule is CN(C)C=Nc1ccc2c(c1C#N)O[C@H]1CCN(C)C[C@H]1N2. The predicted octanol–water partition coefficient (Wildman–Crippen LogP) is 1.66. The Morgan fingerprint density at radius 2 is 2.32 bits per heavy atom. The number of likely N-dealkylation sites (N-methyl/N-ethyl adjacent to an activating group) is 1. The zero-order chi connectivity index (χ0) is 15.7. The van der Waals surface area contributed by atoms with Crippen molar-refractivity contribution in [1.82, 2.24) is 9.80 Å². The van der Waals surface area contributed by atoms with Gasteiger partial charge in [-0.3, -0.25) is 0 Å². The highest BCUT2D eigenvalue weighted by atomic mass is 16.5. The average molecular weight is 299 g/mol. The number of hydrogen-bond donors (Lipinski definition) is 1. The van der Waals surface area contributed by atoms with Crippen LogP contribution in [0.2, 0.25) is 0 Å². The third-order valence-electron chi connectivity index (χ3n) is 4.04. The zero-order valence-corrected chi connectivity index (χ0v) is 13.2. The fourth-order valence-electron chi connectivity index (χ4n) is 2.93. The molecule has 1 aromatic carbocycles. The van der Waals surface area contributed by atoms with Gasteiger partial charge in [0.05, 0.1) is 23.8 Å². The highest BCUT2D eigenvalue weighted by molar-refractivity contribution is 5.75. The summed E-state index contributed by atoms with van der Waals surface area (Å²) in [5.74, 6) is 0.640. The third kappa shape index (κ3) is 2.72. The molecule has 1 aromatic rings. The number of nitrogens with one attached hydrogen (secondary N) is 1. The molecule has 2 aliphatic rings. The van der Waals surface area contributed by atoms with Crippen molar-refractivity contribution in [3.63, 3.8) is 0 Å². The lowest BCUT2D eigenvalue weighted by Gasteiger charge is -2.41. The van der Waals surface area contributed by atoms with E-state index in [4.69, 9.17) is 4.74 Å². The van der Waals surface area contributed by atoms with E-state index in [1.54, 1.807) is 6.34 Å². The fourth-order valence-corrected chi connectivity index (χ4v) is 2.93. The van der Waals surface area contributed by atoms with Crippen molar-refractivity contribution >= 4 is 17.7 Å². The van der Waals surface area contributed by atoms with Gasteiger partial charge in [0.2, 0.25) is 0 Å². The molecule has 22 heavy (non-hydrogen) atoms. The molecule has 0 unspecified atom stereocenters. The number of rotatable bonds is 2. The number of piperidine rings is 1. The minimum Gasteiger partial charge on any atom is -0.485 e. The minimum absolute atomic E-state index is 0.115. The first-order valence-electron chi connectivity index (χ1n) is 7.48. The van der Waals surface area contributed by atoms with Crippen molar-refractivity contribution in [2.45, 2.75) is 18.6 Å². The van der Waals surface area contributed by atoms with Gasteiger partial charge < -0.3 is 19.9 Å². The first-order valence-corrected chi connectivity index (χ1v) is 7.48. The Morgan fingerprint density at radius 3 is 3.05 bits per heavy atom. The maximum absolute atomic E-state index is 9.52. The van der Waals surface area contributed by atoms with Gasteiger partial charge >= 0.3 is 0 Å². The average Bonchev–Trinajstić information content (AvgIpc) is 2.50. The summed E-state index contributed by atoms with van der Waals surface area (Å²) in [6.07, 6.45) is 2.77. The normalized spacial score (nSPS) is 23.9. The molecular weight excluding hydrogens is 278 g/mol. The van der Waals surface area contributed by atoms with Crippen LogP contribution in [0, 0.1) is 11.3 Å². The van der Waals surface area contributed by atoms with Crippen molar-refractivity contribution in [1.29, 1.82) is 5.26 Å². The van der Waals surface area contributed by atoms with Crippen LogP contribution >= 0.6 is 0 Å². The molecule has 0 radical (unpaired) electrons. The second-order valence-corrected chi connectivity index (χ2v) is 6.11. The number of aliphatic imine (C=N–C) groups is 1. The fraction of sp³-hybridized carbons (Fsp3) is 0.500. The standard InChI is InChI=1S/C16H21N5O/c1-20(2)10-18-12-4-5-13-16(11(12)8-17)22-15-6-7-21(3)9-14(15)19-13/h4-5,10,14-15,19H,6-7,9H2,1-3H3/t14-,15+/m1/s1. The predicted molar refractivity (Wildman–Crippen MR) is 86.9 cm³/mol. The molecule has 0 amide bonds. The lowest BCUT2D eigenvalue weighted by Crippen LogP contribution is -2.53. The molecule has 0 aliphatic carbocycles. The molecular formula is C16H21N5O. The van der Waals surface area contributed by atoms with E-state index < -0.39 is 0 Å². The number of ether oxygens (including phenoxy) is 1. The highest BCUT2D eigenvalue weighted by Gasteiger charge is 2.35. The van der Waals surface area contributed by atoms with Crippen molar-refractivity contribution in [3.05, 3.63) is 17.7 Å². The van der Waals surface area contributed by atoms with E-state index in [1.165, 1.54) is 0 Å². The number of benzene rings is 1. The van der Waals surface area contributed by atoms with E-state index in [0.717, 1.165) is 25.2 Å². The zero-order valence-electron chi connectivity index (χ0n) is 13.2. The van der Waals surface area contributed by atoms with Gasteiger partial charge in [-0.05, 0) is 25.6 Å². The number of nitrogens with zero attached hydrogens (tertiary/aromatic N) is 4. The number of likely N-dealkylation sites (tertiary alicyclic amines) is 1. The summed E-state index contributed by atoms with van der Waals surface area (Å²) in [5, 5.41) is 13.0. The summed E-state index contributed by atoms with van der Waals surface area (Å²) in [6, 6.07) is 6.33. The van der Waals surface area contributed by atoms with Crippen LogP contribution < -0.4 is 10.1 Å². The molecule has 2 heterocycles. The molecule has 116 valence electrons. The van der Waals surface area contributed by atoms with Crippen molar-refractivity contribution in [2.75, 3.05) is 39.5 Å². The van der Waals surface area contributed by atoms with Crippen LogP contribution in [-0.4, -0.2) is 62.5 Å². The lowest BCUT2D eigenvalue weighted by atomic mass is 9.98. The van der Waals surface area contributed by atoms with Crippen LogP contribution in [0.5, 0.6) is 5.75 Å². The largest absolute Gasteiger partial charge is 0.485 e. The minimum atomic E-state index is 0.115. The first-order chi connectivity index (χ1) is 10.6. The highest BCUT2D eigenvalue weighted by Crippen LogP contribution is 2.40. The van der Waals surface area contributed by atoms with Gasteiger partial charge in [0.1, 0.15) is 17.7 Å². The van der Waals surface area contributed by atoms with E-state index in [2.05, 4.69) is 28.3 Å². The van der Waals surface area contributed by atoms with Crippen LogP contribution in [0.25, 0.3) is 0 Å². The summed E-state index contributed by atoms with van der Waals surface area (Å²) in [6.45, 7) is 1.96. The second-order valence-electron chi connectivity index (χ2n) is 6.11. The van der Waals surface area contributed by atoms with Gasteiger partial charge in [-0.15, -0.1) is 0 Å². The topological polar surface area (TPSA) is 63.9 Å². The maximum Gasteiger partial charge on any atom is 0.162 e. The van der Waals surface area contributed by atoms with Gasteiger partial charge in [-0.2, -0.15) is 5.26 Å². The van der Waals surface area contributed by atoms with E-state index in [1.807, 2.05) is 31.1 Å². The van der Waals surface area contributed by atoms with Crippen molar-refractivity contribution in [3.8, 4) is 11.8 Å². The van der Waals surface area contributed by atoms with Crippen LogP contribution in [0.4, 0.5) is 11.4 Å². The third-order valence-corrected chi connectivity index (χ3v) is 4.04. The van der Waals surface area contributed by atoms with Crippen LogP contribution in [0.15, 0.2) is 17.1 Å². The molecule has 3 rings (SSSR count). The summed E-state index contributed by atoms with van der Waals surface area (Å²) in [7, 11) is 5.91. The maximum atomic E-state index is 9.52. The summed E-state index contributed by atoms with van der Waals surface area (Å²) in [4.78, 5) is 8.50. The number of hydrogen-bond acceptors (Lipinski definition) is 5. The van der Waals surface area contributed by atoms with Crippen LogP contribution in [0.1, 0.15) is 12.0 Å². The Labute approximate surface area is 131 Å². The smallest absolute Gasteiger partial charge is 0.162 e. The van der Waals surface area contributed by atoms with Crippen molar-refractivity contribution in [2.24, 2.45) is 4.99 Å². The molecule has 6 nitrogen and oxygen atoms in total. The van der Waals surface area contributed by atoms with E-state index in [-0.39, 0.29) is 12.1 Å². The molecule has 0 aromatic heterocycles. The van der Waals surface area contributed by atoms with Crippen molar-refractivity contribution < 1.29 is 4.74 Å². The summed E-state index contributed by atoms with van der Waals surface area (Å²) >= 11 is 0.